The van der Waals surface area contributed by atoms with E-state index in [1.165, 1.54) is 168 Å². The molecule has 2 aromatic rings. The lowest BCUT2D eigenvalue weighted by Crippen LogP contribution is -1.91. The summed E-state index contributed by atoms with van der Waals surface area (Å²) in [6.45, 7) is 6.87. The van der Waals surface area contributed by atoms with E-state index in [1.807, 2.05) is 6.07 Å². The molecule has 0 bridgehead atoms. The van der Waals surface area contributed by atoms with Crippen LogP contribution in [-0.4, -0.2) is 16.6 Å². The SMILES string of the molecule is CCCCCCCCCCCCSCc1cc(C)cc(CSCCCCCCCCCCCC)c1.Oc1ccccc1. The van der Waals surface area contributed by atoms with Crippen LogP contribution >= 0.6 is 23.5 Å². The molecule has 240 valence electrons. The fourth-order valence-corrected chi connectivity index (χ4v) is 7.22. The van der Waals surface area contributed by atoms with Gasteiger partial charge in [0.25, 0.3) is 0 Å². The van der Waals surface area contributed by atoms with Crippen molar-refractivity contribution in [3.05, 3.63) is 65.2 Å². The molecule has 0 spiro atoms. The molecule has 0 saturated heterocycles. The minimum atomic E-state index is 0.322. The summed E-state index contributed by atoms with van der Waals surface area (Å²) in [6, 6.07) is 16.0. The number of unbranched alkanes of at least 4 members (excludes halogenated alkanes) is 18. The van der Waals surface area contributed by atoms with Crippen LogP contribution in [0, 0.1) is 6.92 Å². The lowest BCUT2D eigenvalue weighted by Gasteiger charge is -2.08. The molecule has 0 fully saturated rings. The Morgan fingerprint density at radius 1 is 0.476 bits per heavy atom. The van der Waals surface area contributed by atoms with Gasteiger partial charge in [0.1, 0.15) is 5.75 Å². The van der Waals surface area contributed by atoms with Crippen molar-refractivity contribution in [3.63, 3.8) is 0 Å². The largest absolute Gasteiger partial charge is 0.508 e. The summed E-state index contributed by atoms with van der Waals surface area (Å²) in [4.78, 5) is 0. The Morgan fingerprint density at radius 2 is 0.833 bits per heavy atom. The van der Waals surface area contributed by atoms with Crippen molar-refractivity contribution in [2.75, 3.05) is 11.5 Å². The molecular formula is C39H66OS2. The first-order valence-corrected chi connectivity index (χ1v) is 20.0. The first kappa shape index (κ1) is 39.0. The fourth-order valence-electron chi connectivity index (χ4n) is 5.31. The highest BCUT2D eigenvalue weighted by atomic mass is 32.2. The summed E-state index contributed by atoms with van der Waals surface area (Å²) >= 11 is 4.28. The molecule has 0 atom stereocenters. The number of aryl methyl sites for hydroxylation is 1. The van der Waals surface area contributed by atoms with Gasteiger partial charge in [0.05, 0.1) is 0 Å². The third-order valence-corrected chi connectivity index (χ3v) is 10.0. The maximum Gasteiger partial charge on any atom is 0.115 e. The third kappa shape index (κ3) is 25.4. The molecule has 0 amide bonds. The molecule has 3 heteroatoms. The number of phenols is 1. The summed E-state index contributed by atoms with van der Waals surface area (Å²) < 4.78 is 0. The van der Waals surface area contributed by atoms with E-state index in [4.69, 9.17) is 5.11 Å². The van der Waals surface area contributed by atoms with E-state index < -0.39 is 0 Å². The zero-order valence-electron chi connectivity index (χ0n) is 27.9. The van der Waals surface area contributed by atoms with Gasteiger partial charge in [-0.05, 0) is 54.5 Å². The molecule has 0 aliphatic carbocycles. The van der Waals surface area contributed by atoms with E-state index in [0.717, 1.165) is 0 Å². The normalized spacial score (nSPS) is 10.9. The molecule has 42 heavy (non-hydrogen) atoms. The van der Waals surface area contributed by atoms with Gasteiger partial charge in [-0.1, -0.05) is 171 Å². The predicted molar refractivity (Wildman–Crippen MR) is 195 cm³/mol. The predicted octanol–water partition coefficient (Wildman–Crippen LogP) is 13.7. The van der Waals surface area contributed by atoms with Crippen molar-refractivity contribution in [1.82, 2.24) is 0 Å². The van der Waals surface area contributed by atoms with E-state index in [2.05, 4.69) is 62.5 Å². The number of benzene rings is 2. The van der Waals surface area contributed by atoms with E-state index in [0.29, 0.717) is 5.75 Å². The van der Waals surface area contributed by atoms with Crippen LogP contribution in [0.5, 0.6) is 5.75 Å². The molecular weight excluding hydrogens is 549 g/mol. The van der Waals surface area contributed by atoms with E-state index >= 15 is 0 Å². The summed E-state index contributed by atoms with van der Waals surface area (Å²) in [5.74, 6) is 5.35. The monoisotopic (exact) mass is 614 g/mol. The molecule has 2 rings (SSSR count). The highest BCUT2D eigenvalue weighted by Crippen LogP contribution is 2.22. The molecule has 0 unspecified atom stereocenters. The highest BCUT2D eigenvalue weighted by Gasteiger charge is 2.02. The summed E-state index contributed by atoms with van der Waals surface area (Å²) in [6.07, 6.45) is 28.7. The van der Waals surface area contributed by atoms with Crippen LogP contribution in [0.2, 0.25) is 0 Å². The Bertz CT molecular complexity index is 776. The van der Waals surface area contributed by atoms with Crippen LogP contribution in [0.3, 0.4) is 0 Å². The second-order valence-corrected chi connectivity index (χ2v) is 14.3. The average Bonchev–Trinajstić information content (AvgIpc) is 2.99. The number of thioether (sulfide) groups is 2. The Hall–Kier alpha value is -1.06. The van der Waals surface area contributed by atoms with Crippen LogP contribution in [0.1, 0.15) is 159 Å². The molecule has 0 aliphatic heterocycles. The summed E-state index contributed by atoms with van der Waals surface area (Å²) in [5.41, 5.74) is 4.52. The van der Waals surface area contributed by atoms with Gasteiger partial charge in [0, 0.05) is 11.5 Å². The zero-order valence-corrected chi connectivity index (χ0v) is 29.5. The second kappa shape index (κ2) is 30.0. The minimum Gasteiger partial charge on any atom is -0.508 e. The van der Waals surface area contributed by atoms with Gasteiger partial charge in [-0.25, -0.2) is 0 Å². The van der Waals surface area contributed by atoms with Gasteiger partial charge in [-0.15, -0.1) is 0 Å². The number of rotatable bonds is 26. The van der Waals surface area contributed by atoms with Crippen LogP contribution in [0.25, 0.3) is 0 Å². The van der Waals surface area contributed by atoms with Crippen LogP contribution in [0.4, 0.5) is 0 Å². The minimum absolute atomic E-state index is 0.322. The standard InChI is InChI=1S/C33H60S2.C6H6O/c1-4-6-8-10-12-14-16-18-20-22-24-34-29-32-26-31(3)27-33(28-32)30-35-25-23-21-19-17-15-13-11-9-7-5-2;7-6-4-2-1-3-5-6/h26-28H,4-25,29-30H2,1-3H3;1-5,7H. The Kier molecular flexibility index (Phi) is 27.8. The van der Waals surface area contributed by atoms with E-state index in [1.54, 1.807) is 24.3 Å². The molecule has 1 nitrogen and oxygen atoms in total. The van der Waals surface area contributed by atoms with Gasteiger partial charge in [0.15, 0.2) is 0 Å². The Labute approximate surface area is 270 Å². The van der Waals surface area contributed by atoms with Gasteiger partial charge in [0.2, 0.25) is 0 Å². The number of para-hydroxylation sites is 1. The molecule has 0 heterocycles. The Morgan fingerprint density at radius 3 is 1.17 bits per heavy atom. The highest BCUT2D eigenvalue weighted by molar-refractivity contribution is 7.98. The van der Waals surface area contributed by atoms with Crippen molar-refractivity contribution in [2.24, 2.45) is 0 Å². The molecule has 2 aromatic carbocycles. The van der Waals surface area contributed by atoms with Crippen LogP contribution in [-0.2, 0) is 11.5 Å². The maximum atomic E-state index is 8.63. The van der Waals surface area contributed by atoms with E-state index in [-0.39, 0.29) is 0 Å². The summed E-state index contributed by atoms with van der Waals surface area (Å²) in [5, 5.41) is 8.63. The molecule has 0 aliphatic rings. The lowest BCUT2D eigenvalue weighted by atomic mass is 10.1. The maximum absolute atomic E-state index is 8.63. The average molecular weight is 615 g/mol. The zero-order chi connectivity index (χ0) is 30.4. The van der Waals surface area contributed by atoms with Crippen molar-refractivity contribution >= 4 is 23.5 Å². The quantitative estimate of drug-likeness (QED) is 0.106. The van der Waals surface area contributed by atoms with Gasteiger partial charge >= 0.3 is 0 Å². The first-order valence-electron chi connectivity index (χ1n) is 17.6. The summed E-state index contributed by atoms with van der Waals surface area (Å²) in [7, 11) is 0. The molecule has 0 radical (unpaired) electrons. The number of aromatic hydroxyl groups is 1. The Balaban J connectivity index is 0.00000109. The van der Waals surface area contributed by atoms with Gasteiger partial charge < -0.3 is 5.11 Å². The number of hydrogen-bond donors (Lipinski definition) is 1. The van der Waals surface area contributed by atoms with Crippen LogP contribution < -0.4 is 0 Å². The number of hydrogen-bond acceptors (Lipinski definition) is 3. The molecule has 0 saturated carbocycles. The van der Waals surface area contributed by atoms with Crippen molar-refractivity contribution in [1.29, 1.82) is 0 Å². The van der Waals surface area contributed by atoms with Gasteiger partial charge in [-0.2, -0.15) is 23.5 Å². The molecule has 0 aromatic heterocycles. The number of phenolic OH excluding ortho intramolecular Hbond substituents is 1. The van der Waals surface area contributed by atoms with Crippen molar-refractivity contribution in [3.8, 4) is 5.75 Å². The van der Waals surface area contributed by atoms with Crippen molar-refractivity contribution in [2.45, 2.75) is 161 Å². The smallest absolute Gasteiger partial charge is 0.115 e. The lowest BCUT2D eigenvalue weighted by molar-refractivity contribution is 0.475. The first-order chi connectivity index (χ1) is 20.7. The van der Waals surface area contributed by atoms with E-state index in [9.17, 15) is 0 Å². The van der Waals surface area contributed by atoms with Crippen LogP contribution in [0.15, 0.2) is 48.5 Å². The fraction of sp³-hybridized carbons (Fsp3) is 0.692. The molecule has 1 N–H and O–H groups in total. The third-order valence-electron chi connectivity index (χ3n) is 7.78. The van der Waals surface area contributed by atoms with Crippen molar-refractivity contribution < 1.29 is 5.11 Å². The topological polar surface area (TPSA) is 20.2 Å². The van der Waals surface area contributed by atoms with Gasteiger partial charge in [-0.3, -0.25) is 0 Å². The second-order valence-electron chi connectivity index (χ2n) is 12.1.